The summed E-state index contributed by atoms with van der Waals surface area (Å²) >= 11 is 0. The Kier molecular flexibility index (Phi) is 5.10. The van der Waals surface area contributed by atoms with Crippen molar-refractivity contribution < 1.29 is 10.2 Å². The fourth-order valence-electron chi connectivity index (χ4n) is 2.97. The topological polar surface area (TPSA) is 98.5 Å². The van der Waals surface area contributed by atoms with Crippen LogP contribution in [0.3, 0.4) is 0 Å². The third-order valence-electron chi connectivity index (χ3n) is 4.31. The molecule has 3 atom stereocenters. The van der Waals surface area contributed by atoms with Gasteiger partial charge in [0.15, 0.2) is 11.6 Å². The number of rotatable bonds is 4. The van der Waals surface area contributed by atoms with Gasteiger partial charge in [-0.2, -0.15) is 0 Å². The third-order valence-corrected chi connectivity index (χ3v) is 4.31. The predicted molar refractivity (Wildman–Crippen MR) is 94.4 cm³/mol. The summed E-state index contributed by atoms with van der Waals surface area (Å²) in [7, 11) is 0. The Hall–Kier alpha value is -2.32. The molecule has 2 aromatic heterocycles. The summed E-state index contributed by atoms with van der Waals surface area (Å²) in [4.78, 5) is 21.5. The number of aliphatic hydroxyl groups excluding tert-OH is 2. The maximum Gasteiger partial charge on any atom is 0.158 e. The lowest BCUT2D eigenvalue weighted by Gasteiger charge is -2.41. The highest BCUT2D eigenvalue weighted by Gasteiger charge is 2.26. The molecule has 8 nitrogen and oxygen atoms in total. The second kappa shape index (κ2) is 7.28. The fraction of sp³-hybridized carbons (Fsp3) is 0.529. The average molecular weight is 344 g/mol. The Bertz CT molecular complexity index is 724. The van der Waals surface area contributed by atoms with Gasteiger partial charge < -0.3 is 20.0 Å². The zero-order valence-electron chi connectivity index (χ0n) is 14.7. The van der Waals surface area contributed by atoms with Crippen LogP contribution in [0.15, 0.2) is 24.5 Å². The van der Waals surface area contributed by atoms with E-state index in [-0.39, 0.29) is 6.04 Å². The molecule has 1 saturated heterocycles. The molecule has 1 fully saturated rings. The van der Waals surface area contributed by atoms with Crippen molar-refractivity contribution in [2.45, 2.75) is 39.0 Å². The van der Waals surface area contributed by atoms with Crippen LogP contribution in [0.4, 0.5) is 11.6 Å². The Balaban J connectivity index is 1.74. The van der Waals surface area contributed by atoms with Gasteiger partial charge in [0, 0.05) is 38.1 Å². The summed E-state index contributed by atoms with van der Waals surface area (Å²) in [5.41, 5.74) is 0. The number of aromatic nitrogens is 4. The Labute approximate surface area is 147 Å². The minimum absolute atomic E-state index is 0.218. The molecule has 3 rings (SSSR count). The van der Waals surface area contributed by atoms with Crippen LogP contribution in [0.25, 0.3) is 0 Å². The van der Waals surface area contributed by atoms with E-state index in [0.29, 0.717) is 11.6 Å². The van der Waals surface area contributed by atoms with Gasteiger partial charge in [-0.05, 0) is 32.9 Å². The molecule has 8 heteroatoms. The third kappa shape index (κ3) is 3.85. The van der Waals surface area contributed by atoms with E-state index in [9.17, 15) is 10.2 Å². The van der Waals surface area contributed by atoms with Gasteiger partial charge in [-0.3, -0.25) is 0 Å². The molecule has 25 heavy (non-hydrogen) atoms. The maximum atomic E-state index is 9.69. The summed E-state index contributed by atoms with van der Waals surface area (Å²) in [6.45, 7) is 7.81. The van der Waals surface area contributed by atoms with E-state index < -0.39 is 12.2 Å². The van der Waals surface area contributed by atoms with Crippen LogP contribution in [0.5, 0.6) is 0 Å². The van der Waals surface area contributed by atoms with E-state index in [4.69, 9.17) is 0 Å². The van der Waals surface area contributed by atoms with E-state index in [1.165, 1.54) is 0 Å². The van der Waals surface area contributed by atoms with E-state index >= 15 is 0 Å². The number of piperazine rings is 1. The largest absolute Gasteiger partial charge is 0.385 e. The normalized spacial score (nSPS) is 20.4. The summed E-state index contributed by atoms with van der Waals surface area (Å²) in [6.07, 6.45) is 2.00. The van der Waals surface area contributed by atoms with Crippen LogP contribution in [-0.4, -0.2) is 55.8 Å². The van der Waals surface area contributed by atoms with Crippen molar-refractivity contribution in [1.82, 2.24) is 19.9 Å². The Morgan fingerprint density at radius 1 is 0.960 bits per heavy atom. The Morgan fingerprint density at radius 3 is 2.08 bits per heavy atom. The minimum Gasteiger partial charge on any atom is -0.385 e. The van der Waals surface area contributed by atoms with Gasteiger partial charge in [-0.1, -0.05) is 0 Å². The van der Waals surface area contributed by atoms with Crippen LogP contribution < -0.4 is 9.80 Å². The lowest BCUT2D eigenvalue weighted by Crippen LogP contribution is -2.52. The number of hydrogen-bond acceptors (Lipinski definition) is 8. The minimum atomic E-state index is -0.684. The summed E-state index contributed by atoms with van der Waals surface area (Å²) in [6, 6.07) is 3.95. The molecule has 0 spiro atoms. The molecular formula is C17H24N6O2. The summed E-state index contributed by atoms with van der Waals surface area (Å²) < 4.78 is 0. The van der Waals surface area contributed by atoms with Gasteiger partial charge in [0.25, 0.3) is 0 Å². The van der Waals surface area contributed by atoms with E-state index in [0.717, 1.165) is 31.3 Å². The first kappa shape index (κ1) is 17.5. The maximum absolute atomic E-state index is 9.69. The Morgan fingerprint density at radius 2 is 1.52 bits per heavy atom. The highest BCUT2D eigenvalue weighted by Crippen LogP contribution is 2.23. The second-order valence-corrected chi connectivity index (χ2v) is 6.39. The van der Waals surface area contributed by atoms with Gasteiger partial charge in [0.05, 0.1) is 0 Å². The van der Waals surface area contributed by atoms with Crippen molar-refractivity contribution in [3.05, 3.63) is 36.2 Å². The van der Waals surface area contributed by atoms with Crippen molar-refractivity contribution in [3.63, 3.8) is 0 Å². The monoisotopic (exact) mass is 344 g/mol. The smallest absolute Gasteiger partial charge is 0.158 e. The van der Waals surface area contributed by atoms with Gasteiger partial charge in [0.2, 0.25) is 0 Å². The molecular weight excluding hydrogens is 320 g/mol. The lowest BCUT2D eigenvalue weighted by atomic mass is 10.2. The predicted octanol–water partition coefficient (Wildman–Crippen LogP) is 1.09. The van der Waals surface area contributed by atoms with E-state index in [1.54, 1.807) is 26.2 Å². The molecule has 3 unspecified atom stereocenters. The molecule has 0 radical (unpaired) electrons. The SMILES string of the molecule is CC(O)c1nccc(N2CCN(c3ccnc(C(C)O)n3)C(C)C2)n1. The van der Waals surface area contributed by atoms with Crippen molar-refractivity contribution in [3.8, 4) is 0 Å². The van der Waals surface area contributed by atoms with Gasteiger partial charge >= 0.3 is 0 Å². The second-order valence-electron chi connectivity index (χ2n) is 6.39. The summed E-state index contributed by atoms with van der Waals surface area (Å²) in [5.74, 6) is 2.52. The van der Waals surface area contributed by atoms with Crippen LogP contribution >= 0.6 is 0 Å². The number of anilines is 2. The first-order valence-electron chi connectivity index (χ1n) is 8.49. The fourth-order valence-corrected chi connectivity index (χ4v) is 2.97. The van der Waals surface area contributed by atoms with Crippen molar-refractivity contribution >= 4 is 11.6 Å². The van der Waals surface area contributed by atoms with Crippen LogP contribution in [0.1, 0.15) is 44.6 Å². The van der Waals surface area contributed by atoms with Crippen LogP contribution in [0.2, 0.25) is 0 Å². The number of hydrogen-bond donors (Lipinski definition) is 2. The zero-order valence-corrected chi connectivity index (χ0v) is 14.7. The summed E-state index contributed by atoms with van der Waals surface area (Å²) in [5, 5.41) is 19.4. The zero-order chi connectivity index (χ0) is 18.0. The molecule has 0 aliphatic carbocycles. The van der Waals surface area contributed by atoms with Crippen molar-refractivity contribution in [2.24, 2.45) is 0 Å². The molecule has 3 heterocycles. The van der Waals surface area contributed by atoms with Crippen LogP contribution in [-0.2, 0) is 0 Å². The van der Waals surface area contributed by atoms with Crippen LogP contribution in [0, 0.1) is 0 Å². The quantitative estimate of drug-likeness (QED) is 0.850. The van der Waals surface area contributed by atoms with Gasteiger partial charge in [-0.15, -0.1) is 0 Å². The molecule has 0 saturated carbocycles. The van der Waals surface area contributed by atoms with E-state index in [2.05, 4.69) is 36.7 Å². The first-order valence-corrected chi connectivity index (χ1v) is 8.49. The molecule has 2 aromatic rings. The molecule has 0 bridgehead atoms. The van der Waals surface area contributed by atoms with Gasteiger partial charge in [0.1, 0.15) is 23.8 Å². The standard InChI is InChI=1S/C17H24N6O2/c1-11-10-22(14-4-6-18-16(20-14)12(2)24)8-9-23(11)15-5-7-19-17(21-15)13(3)25/h4-7,11-13,24-25H,8-10H2,1-3H3. The number of nitrogens with zero attached hydrogens (tertiary/aromatic N) is 6. The first-order chi connectivity index (χ1) is 12.0. The molecule has 0 amide bonds. The average Bonchev–Trinajstić information content (AvgIpc) is 2.61. The molecule has 0 aromatic carbocycles. The molecule has 1 aliphatic rings. The van der Waals surface area contributed by atoms with Crippen molar-refractivity contribution in [1.29, 1.82) is 0 Å². The lowest BCUT2D eigenvalue weighted by molar-refractivity contribution is 0.188. The number of aliphatic hydroxyl groups is 2. The molecule has 134 valence electrons. The highest BCUT2D eigenvalue weighted by molar-refractivity contribution is 5.45. The highest BCUT2D eigenvalue weighted by atomic mass is 16.3. The van der Waals surface area contributed by atoms with Gasteiger partial charge in [-0.25, -0.2) is 19.9 Å². The van der Waals surface area contributed by atoms with Crippen molar-refractivity contribution in [2.75, 3.05) is 29.4 Å². The van der Waals surface area contributed by atoms with E-state index in [1.807, 2.05) is 12.1 Å². The molecule has 1 aliphatic heterocycles. The molecule has 2 N–H and O–H groups in total.